The molecule has 0 radical (unpaired) electrons. The summed E-state index contributed by atoms with van der Waals surface area (Å²) >= 11 is 0. The van der Waals surface area contributed by atoms with Crippen LogP contribution in [0.5, 0.6) is 0 Å². The first-order chi connectivity index (χ1) is 12.7. The Labute approximate surface area is 169 Å². The van der Waals surface area contributed by atoms with Crippen LogP contribution >= 0.6 is 0 Å². The lowest BCUT2D eigenvalue weighted by molar-refractivity contribution is -0.168. The Kier molecular flexibility index (Phi) is 5.27. The molecule has 0 spiro atoms. The van der Waals surface area contributed by atoms with Gasteiger partial charge in [-0.05, 0) is 103 Å². The van der Waals surface area contributed by atoms with Gasteiger partial charge in [0.15, 0.2) is 0 Å². The molecule has 156 valence electrons. The highest BCUT2D eigenvalue weighted by atomic mass is 16.3. The topological polar surface area (TPSA) is 20.2 Å². The molecular formula is C26H46O. The van der Waals surface area contributed by atoms with Crippen molar-refractivity contribution in [1.82, 2.24) is 0 Å². The maximum absolute atomic E-state index is 10.3. The Morgan fingerprint density at radius 3 is 2.44 bits per heavy atom. The summed E-state index contributed by atoms with van der Waals surface area (Å²) in [5.74, 6) is 7.15. The summed E-state index contributed by atoms with van der Waals surface area (Å²) in [5.41, 5.74) is 1.07. The fourth-order valence-electron chi connectivity index (χ4n) is 9.58. The molecule has 1 heteroatoms. The van der Waals surface area contributed by atoms with E-state index in [1.807, 2.05) is 0 Å². The van der Waals surface area contributed by atoms with E-state index in [1.165, 1.54) is 44.9 Å². The molecular weight excluding hydrogens is 328 g/mol. The van der Waals surface area contributed by atoms with Crippen molar-refractivity contribution in [3.63, 3.8) is 0 Å². The Morgan fingerprint density at radius 2 is 1.74 bits per heavy atom. The second-order valence-corrected chi connectivity index (χ2v) is 12.1. The molecule has 0 aromatic rings. The molecule has 1 nitrogen and oxygen atoms in total. The van der Waals surface area contributed by atoms with Crippen LogP contribution in [0.1, 0.15) is 99.3 Å². The van der Waals surface area contributed by atoms with Gasteiger partial charge in [-0.15, -0.1) is 0 Å². The van der Waals surface area contributed by atoms with Crippen LogP contribution in [0.2, 0.25) is 0 Å². The third-order valence-corrected chi connectivity index (χ3v) is 11.1. The molecule has 4 aliphatic rings. The standard InChI is InChI=1S/C26H46O/c1-7-8-16(2)21-9-10-22-24-17(3)13-19-15-20(27)11-12-25(19,5)23(24)14-18(4)26(21,22)6/h16-24,27H,7-15H2,1-6H3. The third kappa shape index (κ3) is 2.88. The van der Waals surface area contributed by atoms with Crippen molar-refractivity contribution in [3.8, 4) is 0 Å². The van der Waals surface area contributed by atoms with E-state index in [-0.39, 0.29) is 6.10 Å². The Bertz CT molecular complexity index is 542. The zero-order chi connectivity index (χ0) is 19.6. The summed E-state index contributed by atoms with van der Waals surface area (Å²) in [6.07, 6.45) is 12.0. The van der Waals surface area contributed by atoms with Gasteiger partial charge in [0.05, 0.1) is 6.10 Å². The van der Waals surface area contributed by atoms with Crippen LogP contribution < -0.4 is 0 Å². The molecule has 11 atom stereocenters. The first-order valence-electron chi connectivity index (χ1n) is 12.4. The SMILES string of the molecule is CCCC(C)C1CCC2C3C(C)CC4CC(O)CCC4(C)C3CC(C)C12C. The lowest BCUT2D eigenvalue weighted by Crippen LogP contribution is -2.58. The average Bonchev–Trinajstić information content (AvgIpc) is 2.96. The van der Waals surface area contributed by atoms with Crippen LogP contribution in [-0.2, 0) is 0 Å². The minimum atomic E-state index is -0.0242. The molecule has 0 aromatic carbocycles. The molecule has 4 fully saturated rings. The molecule has 27 heavy (non-hydrogen) atoms. The van der Waals surface area contributed by atoms with Crippen LogP contribution in [-0.4, -0.2) is 11.2 Å². The van der Waals surface area contributed by atoms with Crippen molar-refractivity contribution < 1.29 is 5.11 Å². The minimum absolute atomic E-state index is 0.0242. The van der Waals surface area contributed by atoms with Gasteiger partial charge in [0.1, 0.15) is 0 Å². The Hall–Kier alpha value is -0.0400. The summed E-state index contributed by atoms with van der Waals surface area (Å²) in [6.45, 7) is 15.5. The third-order valence-electron chi connectivity index (χ3n) is 11.1. The van der Waals surface area contributed by atoms with Crippen LogP contribution in [0.4, 0.5) is 0 Å². The van der Waals surface area contributed by atoms with Gasteiger partial charge in [0, 0.05) is 0 Å². The first-order valence-corrected chi connectivity index (χ1v) is 12.4. The Balaban J connectivity index is 1.66. The zero-order valence-corrected chi connectivity index (χ0v) is 19.0. The normalized spacial score (nSPS) is 56.1. The highest BCUT2D eigenvalue weighted by Crippen LogP contribution is 2.70. The lowest BCUT2D eigenvalue weighted by atomic mass is 9.40. The summed E-state index contributed by atoms with van der Waals surface area (Å²) in [6, 6.07) is 0. The van der Waals surface area contributed by atoms with Gasteiger partial charge in [-0.3, -0.25) is 0 Å². The van der Waals surface area contributed by atoms with Gasteiger partial charge in [0.25, 0.3) is 0 Å². The quantitative estimate of drug-likeness (QED) is 0.567. The highest BCUT2D eigenvalue weighted by Gasteiger charge is 2.64. The lowest BCUT2D eigenvalue weighted by Gasteiger charge is -2.64. The van der Waals surface area contributed by atoms with Crippen molar-refractivity contribution in [2.75, 3.05) is 0 Å². The van der Waals surface area contributed by atoms with E-state index in [0.29, 0.717) is 10.8 Å². The van der Waals surface area contributed by atoms with E-state index in [0.717, 1.165) is 60.2 Å². The summed E-state index contributed by atoms with van der Waals surface area (Å²) in [7, 11) is 0. The van der Waals surface area contributed by atoms with Crippen molar-refractivity contribution in [1.29, 1.82) is 0 Å². The van der Waals surface area contributed by atoms with E-state index in [2.05, 4.69) is 41.5 Å². The second kappa shape index (κ2) is 7.03. The van der Waals surface area contributed by atoms with Crippen molar-refractivity contribution in [2.24, 2.45) is 58.2 Å². The summed E-state index contributed by atoms with van der Waals surface area (Å²) in [5, 5.41) is 10.3. The van der Waals surface area contributed by atoms with Gasteiger partial charge in [-0.1, -0.05) is 54.4 Å². The molecule has 1 N–H and O–H groups in total. The average molecular weight is 375 g/mol. The number of fused-ring (bicyclic) bond motifs is 5. The fraction of sp³-hybridized carbons (Fsp3) is 1.00. The van der Waals surface area contributed by atoms with Crippen LogP contribution in [0.25, 0.3) is 0 Å². The van der Waals surface area contributed by atoms with Gasteiger partial charge in [-0.2, -0.15) is 0 Å². The molecule has 0 aromatic heterocycles. The largest absolute Gasteiger partial charge is 0.393 e. The number of aliphatic hydroxyl groups is 1. The maximum Gasteiger partial charge on any atom is 0.0543 e. The molecule has 4 saturated carbocycles. The van der Waals surface area contributed by atoms with E-state index < -0.39 is 0 Å². The highest BCUT2D eigenvalue weighted by molar-refractivity contribution is 5.12. The van der Waals surface area contributed by atoms with Crippen LogP contribution in [0.15, 0.2) is 0 Å². The van der Waals surface area contributed by atoms with Gasteiger partial charge in [0.2, 0.25) is 0 Å². The number of hydrogen-bond donors (Lipinski definition) is 1. The molecule has 0 amide bonds. The fourth-order valence-corrected chi connectivity index (χ4v) is 9.58. The number of aliphatic hydroxyl groups excluding tert-OH is 1. The molecule has 0 heterocycles. The van der Waals surface area contributed by atoms with Gasteiger partial charge < -0.3 is 5.11 Å². The maximum atomic E-state index is 10.3. The smallest absolute Gasteiger partial charge is 0.0543 e. The molecule has 0 bridgehead atoms. The Morgan fingerprint density at radius 1 is 1.00 bits per heavy atom. The van der Waals surface area contributed by atoms with Crippen molar-refractivity contribution in [2.45, 2.75) is 105 Å². The van der Waals surface area contributed by atoms with Crippen molar-refractivity contribution >= 4 is 0 Å². The van der Waals surface area contributed by atoms with Crippen molar-refractivity contribution in [3.05, 3.63) is 0 Å². The predicted molar refractivity (Wildman–Crippen MR) is 114 cm³/mol. The van der Waals surface area contributed by atoms with Gasteiger partial charge >= 0.3 is 0 Å². The number of rotatable bonds is 3. The first kappa shape index (κ1) is 20.2. The molecule has 4 rings (SSSR count). The van der Waals surface area contributed by atoms with E-state index in [9.17, 15) is 5.11 Å². The molecule has 4 aliphatic carbocycles. The molecule has 0 saturated heterocycles. The summed E-state index contributed by atoms with van der Waals surface area (Å²) in [4.78, 5) is 0. The van der Waals surface area contributed by atoms with E-state index in [1.54, 1.807) is 0 Å². The predicted octanol–water partition coefficient (Wildman–Crippen LogP) is 6.93. The molecule has 11 unspecified atom stereocenters. The monoisotopic (exact) mass is 374 g/mol. The summed E-state index contributed by atoms with van der Waals surface area (Å²) < 4.78 is 0. The molecule has 0 aliphatic heterocycles. The van der Waals surface area contributed by atoms with Gasteiger partial charge in [-0.25, -0.2) is 0 Å². The number of hydrogen-bond acceptors (Lipinski definition) is 1. The van der Waals surface area contributed by atoms with Crippen LogP contribution in [0.3, 0.4) is 0 Å². The zero-order valence-electron chi connectivity index (χ0n) is 19.0. The van der Waals surface area contributed by atoms with Crippen LogP contribution in [0, 0.1) is 58.2 Å². The second-order valence-electron chi connectivity index (χ2n) is 12.1. The minimum Gasteiger partial charge on any atom is -0.393 e. The van der Waals surface area contributed by atoms with E-state index in [4.69, 9.17) is 0 Å². The van der Waals surface area contributed by atoms with E-state index >= 15 is 0 Å².